The van der Waals surface area contributed by atoms with Gasteiger partial charge in [0.05, 0.1) is 6.61 Å². The maximum absolute atomic E-state index is 12.2. The summed E-state index contributed by atoms with van der Waals surface area (Å²) < 4.78 is 6.82. The molecule has 3 rings (SSSR count). The Bertz CT molecular complexity index is 724. The summed E-state index contributed by atoms with van der Waals surface area (Å²) in [5, 5.41) is 14.8. The van der Waals surface area contributed by atoms with Crippen LogP contribution in [0.4, 0.5) is 5.13 Å². The van der Waals surface area contributed by atoms with Crippen LogP contribution in [0.5, 0.6) is 5.88 Å². The minimum Gasteiger partial charge on any atom is -0.477 e. The summed E-state index contributed by atoms with van der Waals surface area (Å²) in [5.41, 5.74) is 0.361. The van der Waals surface area contributed by atoms with Gasteiger partial charge in [0.25, 0.3) is 5.91 Å². The maximum atomic E-state index is 12.2. The molecular formula is C11H10N6O2S. The van der Waals surface area contributed by atoms with Crippen molar-refractivity contribution in [3.8, 4) is 5.88 Å². The largest absolute Gasteiger partial charge is 0.477 e. The molecule has 20 heavy (non-hydrogen) atoms. The van der Waals surface area contributed by atoms with Gasteiger partial charge in [-0.05, 0) is 19.1 Å². The summed E-state index contributed by atoms with van der Waals surface area (Å²) in [6.45, 7) is 2.27. The zero-order valence-corrected chi connectivity index (χ0v) is 11.3. The highest BCUT2D eigenvalue weighted by Crippen LogP contribution is 2.20. The quantitative estimate of drug-likeness (QED) is 0.776. The molecular weight excluding hydrogens is 280 g/mol. The zero-order valence-electron chi connectivity index (χ0n) is 10.5. The van der Waals surface area contributed by atoms with Crippen LogP contribution in [-0.4, -0.2) is 37.3 Å². The average Bonchev–Trinajstić information content (AvgIpc) is 3.00. The number of hydrogen-bond acceptors (Lipinski definition) is 7. The van der Waals surface area contributed by atoms with Crippen molar-refractivity contribution in [2.45, 2.75) is 6.92 Å². The predicted molar refractivity (Wildman–Crippen MR) is 72.0 cm³/mol. The highest BCUT2D eigenvalue weighted by molar-refractivity contribution is 7.20. The number of pyridine rings is 1. The lowest BCUT2D eigenvalue weighted by molar-refractivity contribution is 0.102. The normalized spacial score (nSPS) is 10.7. The number of carbonyl (C=O) groups is 1. The molecule has 0 aromatic carbocycles. The second kappa shape index (κ2) is 5.21. The minimum atomic E-state index is -0.327. The number of fused-ring (bicyclic) bond motifs is 1. The number of rotatable bonds is 4. The van der Waals surface area contributed by atoms with Gasteiger partial charge in [0.2, 0.25) is 16.0 Å². The number of amides is 1. The van der Waals surface area contributed by atoms with Crippen LogP contribution in [0.2, 0.25) is 0 Å². The van der Waals surface area contributed by atoms with Gasteiger partial charge in [0.1, 0.15) is 11.9 Å². The van der Waals surface area contributed by atoms with Crippen LogP contribution >= 0.6 is 11.3 Å². The molecule has 0 spiro atoms. The molecule has 1 N–H and O–H groups in total. The number of hydrogen-bond donors (Lipinski definition) is 1. The number of nitrogens with zero attached hydrogens (tertiary/aromatic N) is 5. The Morgan fingerprint density at radius 2 is 2.45 bits per heavy atom. The maximum Gasteiger partial charge on any atom is 0.262 e. The number of carbonyl (C=O) groups excluding carboxylic acids is 1. The Kier molecular flexibility index (Phi) is 3.25. The molecule has 0 unspecified atom stereocenters. The third-order valence-corrected chi connectivity index (χ3v) is 3.23. The van der Waals surface area contributed by atoms with Gasteiger partial charge in [-0.3, -0.25) is 10.1 Å². The molecule has 0 bridgehead atoms. The first kappa shape index (κ1) is 12.5. The second-order valence-electron chi connectivity index (χ2n) is 3.71. The van der Waals surface area contributed by atoms with Crippen molar-refractivity contribution >= 4 is 27.3 Å². The number of nitrogens with one attached hydrogen (secondary N) is 1. The van der Waals surface area contributed by atoms with Crippen LogP contribution in [0, 0.1) is 0 Å². The SMILES string of the molecule is CCOc1ncccc1C(=O)Nc1nn2cnnc2s1. The van der Waals surface area contributed by atoms with E-state index in [4.69, 9.17) is 4.74 Å². The van der Waals surface area contributed by atoms with Crippen molar-refractivity contribution < 1.29 is 9.53 Å². The standard InChI is InChI=1S/C11H10N6O2S/c1-2-19-9-7(4-3-5-12-9)8(18)14-10-16-17-6-13-15-11(17)20-10/h3-6H,2H2,1H3,(H,14,16,18). The van der Waals surface area contributed by atoms with E-state index in [0.717, 1.165) is 0 Å². The predicted octanol–water partition coefficient (Wildman–Crippen LogP) is 1.23. The fourth-order valence-electron chi connectivity index (χ4n) is 1.59. The molecule has 0 aliphatic carbocycles. The smallest absolute Gasteiger partial charge is 0.262 e. The first-order valence-corrected chi connectivity index (χ1v) is 6.65. The van der Waals surface area contributed by atoms with Crippen LogP contribution in [0.15, 0.2) is 24.7 Å². The number of anilines is 1. The van der Waals surface area contributed by atoms with Crippen LogP contribution < -0.4 is 10.1 Å². The molecule has 0 aliphatic rings. The van der Waals surface area contributed by atoms with E-state index in [9.17, 15) is 4.79 Å². The van der Waals surface area contributed by atoms with Crippen molar-refractivity contribution in [1.29, 1.82) is 0 Å². The molecule has 0 radical (unpaired) electrons. The second-order valence-corrected chi connectivity index (χ2v) is 4.66. The van der Waals surface area contributed by atoms with Crippen molar-refractivity contribution in [3.05, 3.63) is 30.2 Å². The summed E-state index contributed by atoms with van der Waals surface area (Å²) in [4.78, 5) is 16.8. The average molecular weight is 290 g/mol. The van der Waals surface area contributed by atoms with Gasteiger partial charge >= 0.3 is 0 Å². The van der Waals surface area contributed by atoms with Gasteiger partial charge in [-0.1, -0.05) is 11.3 Å². The van der Waals surface area contributed by atoms with Gasteiger partial charge in [0.15, 0.2) is 0 Å². The van der Waals surface area contributed by atoms with E-state index in [1.165, 1.54) is 22.2 Å². The molecule has 0 saturated heterocycles. The van der Waals surface area contributed by atoms with Gasteiger partial charge in [-0.15, -0.1) is 15.3 Å². The molecule has 0 aliphatic heterocycles. The van der Waals surface area contributed by atoms with E-state index in [1.54, 1.807) is 18.3 Å². The van der Waals surface area contributed by atoms with Crippen molar-refractivity contribution in [2.75, 3.05) is 11.9 Å². The summed E-state index contributed by atoms with van der Waals surface area (Å²) in [7, 11) is 0. The molecule has 9 heteroatoms. The molecule has 3 aromatic heterocycles. The lowest BCUT2D eigenvalue weighted by Gasteiger charge is -2.07. The highest BCUT2D eigenvalue weighted by Gasteiger charge is 2.15. The lowest BCUT2D eigenvalue weighted by atomic mass is 10.2. The van der Waals surface area contributed by atoms with Gasteiger partial charge in [0, 0.05) is 6.20 Å². The van der Waals surface area contributed by atoms with Crippen molar-refractivity contribution in [2.24, 2.45) is 0 Å². The van der Waals surface area contributed by atoms with Crippen LogP contribution in [0.1, 0.15) is 17.3 Å². The van der Waals surface area contributed by atoms with E-state index in [0.29, 0.717) is 28.1 Å². The Balaban J connectivity index is 1.84. The summed E-state index contributed by atoms with van der Waals surface area (Å²) >= 11 is 1.23. The number of ether oxygens (including phenoxy) is 1. The molecule has 8 nitrogen and oxygen atoms in total. The molecule has 0 saturated carbocycles. The Morgan fingerprint density at radius 3 is 3.25 bits per heavy atom. The van der Waals surface area contributed by atoms with E-state index in [1.807, 2.05) is 6.92 Å². The van der Waals surface area contributed by atoms with E-state index < -0.39 is 0 Å². The Morgan fingerprint density at radius 1 is 1.55 bits per heavy atom. The highest BCUT2D eigenvalue weighted by atomic mass is 32.1. The third kappa shape index (κ3) is 2.30. The monoisotopic (exact) mass is 290 g/mol. The molecule has 0 fully saturated rings. The van der Waals surface area contributed by atoms with Gasteiger partial charge in [-0.2, -0.15) is 4.52 Å². The topological polar surface area (TPSA) is 94.3 Å². The van der Waals surface area contributed by atoms with E-state index >= 15 is 0 Å². The molecule has 3 aromatic rings. The Labute approximate surface area is 117 Å². The first-order valence-electron chi connectivity index (χ1n) is 5.84. The minimum absolute atomic E-state index is 0.301. The molecule has 0 atom stereocenters. The van der Waals surface area contributed by atoms with Crippen molar-refractivity contribution in [3.63, 3.8) is 0 Å². The Hall–Kier alpha value is -2.55. The summed E-state index contributed by atoms with van der Waals surface area (Å²) in [6.07, 6.45) is 3.04. The van der Waals surface area contributed by atoms with Gasteiger partial charge < -0.3 is 4.74 Å². The summed E-state index contributed by atoms with van der Waals surface area (Å²) in [5.74, 6) is -0.0259. The van der Waals surface area contributed by atoms with Crippen LogP contribution in [0.3, 0.4) is 0 Å². The van der Waals surface area contributed by atoms with Crippen molar-refractivity contribution in [1.82, 2.24) is 24.8 Å². The fraction of sp³-hybridized carbons (Fsp3) is 0.182. The lowest BCUT2D eigenvalue weighted by Crippen LogP contribution is -2.14. The van der Waals surface area contributed by atoms with Crippen LogP contribution in [0.25, 0.3) is 4.96 Å². The molecule has 1 amide bonds. The fourth-order valence-corrected chi connectivity index (χ4v) is 2.31. The molecule has 3 heterocycles. The summed E-state index contributed by atoms with van der Waals surface area (Å²) in [6, 6.07) is 3.32. The van der Waals surface area contributed by atoms with E-state index in [2.05, 4.69) is 25.6 Å². The van der Waals surface area contributed by atoms with E-state index in [-0.39, 0.29) is 5.91 Å². The zero-order chi connectivity index (χ0) is 13.9. The number of aromatic nitrogens is 5. The van der Waals surface area contributed by atoms with Crippen LogP contribution in [-0.2, 0) is 0 Å². The third-order valence-electron chi connectivity index (χ3n) is 2.40. The molecule has 102 valence electrons. The first-order chi connectivity index (χ1) is 9.78. The van der Waals surface area contributed by atoms with Gasteiger partial charge in [-0.25, -0.2) is 4.98 Å².